The molecule has 0 spiro atoms. The van der Waals surface area contributed by atoms with Crippen LogP contribution < -0.4 is 0 Å². The third-order valence-corrected chi connectivity index (χ3v) is 1.52. The van der Waals surface area contributed by atoms with E-state index in [0.717, 1.165) is 7.11 Å². The van der Waals surface area contributed by atoms with Crippen molar-refractivity contribution in [3.63, 3.8) is 0 Å². The molecule has 7 heteroatoms. The predicted octanol–water partition coefficient (Wildman–Crippen LogP) is -0.126. The van der Waals surface area contributed by atoms with Crippen molar-refractivity contribution in [3.05, 3.63) is 0 Å². The van der Waals surface area contributed by atoms with Crippen LogP contribution in [0.1, 0.15) is 25.7 Å². The van der Waals surface area contributed by atoms with Crippen LogP contribution in [0.25, 0.3) is 0 Å². The van der Waals surface area contributed by atoms with Gasteiger partial charge >= 0.3 is 23.9 Å². The standard InChI is InChI=1S/C9H12O7/c1-15-8(13)5-9(14)16-7(12)4-2-3-6(10)11/h2-5H2,1H3,(H,10,11). The second-order valence-corrected chi connectivity index (χ2v) is 2.85. The van der Waals surface area contributed by atoms with Gasteiger partial charge < -0.3 is 14.6 Å². The number of carboxylic acid groups (broad SMARTS) is 1. The lowest BCUT2D eigenvalue weighted by Gasteiger charge is -2.01. The van der Waals surface area contributed by atoms with Gasteiger partial charge in [0.05, 0.1) is 7.11 Å². The van der Waals surface area contributed by atoms with Crippen molar-refractivity contribution >= 4 is 23.9 Å². The Morgan fingerprint density at radius 3 is 2.12 bits per heavy atom. The highest BCUT2D eigenvalue weighted by atomic mass is 16.6. The third-order valence-electron chi connectivity index (χ3n) is 1.52. The zero-order valence-corrected chi connectivity index (χ0v) is 8.73. The van der Waals surface area contributed by atoms with Crippen molar-refractivity contribution in [3.8, 4) is 0 Å². The molecule has 0 fully saturated rings. The molecule has 7 nitrogen and oxygen atoms in total. The van der Waals surface area contributed by atoms with Crippen LogP contribution >= 0.6 is 0 Å². The number of hydrogen-bond donors (Lipinski definition) is 1. The lowest BCUT2D eigenvalue weighted by molar-refractivity contribution is -0.162. The molecule has 16 heavy (non-hydrogen) atoms. The van der Waals surface area contributed by atoms with Gasteiger partial charge in [0.15, 0.2) is 0 Å². The summed E-state index contributed by atoms with van der Waals surface area (Å²) in [5.41, 5.74) is 0. The monoisotopic (exact) mass is 232 g/mol. The van der Waals surface area contributed by atoms with Gasteiger partial charge in [0.25, 0.3) is 0 Å². The van der Waals surface area contributed by atoms with E-state index in [1.165, 1.54) is 0 Å². The maximum absolute atomic E-state index is 10.9. The Bertz CT molecular complexity index is 294. The van der Waals surface area contributed by atoms with Gasteiger partial charge in [-0.1, -0.05) is 0 Å². The Balaban J connectivity index is 3.74. The van der Waals surface area contributed by atoms with Crippen molar-refractivity contribution in [1.29, 1.82) is 0 Å². The minimum absolute atomic E-state index is 0.0830. The summed E-state index contributed by atoms with van der Waals surface area (Å²) < 4.78 is 8.42. The molecule has 0 aromatic heterocycles. The average molecular weight is 232 g/mol. The SMILES string of the molecule is COC(=O)CC(=O)OC(=O)CCCC(=O)O. The lowest BCUT2D eigenvalue weighted by atomic mass is 10.2. The lowest BCUT2D eigenvalue weighted by Crippen LogP contribution is -2.16. The first-order chi connectivity index (χ1) is 7.45. The van der Waals surface area contributed by atoms with Crippen LogP contribution in [0.15, 0.2) is 0 Å². The minimum atomic E-state index is -1.03. The van der Waals surface area contributed by atoms with E-state index < -0.39 is 30.3 Å². The van der Waals surface area contributed by atoms with Crippen molar-refractivity contribution in [2.45, 2.75) is 25.7 Å². The Hall–Kier alpha value is -1.92. The summed E-state index contributed by atoms with van der Waals surface area (Å²) in [6, 6.07) is 0. The van der Waals surface area contributed by atoms with Crippen molar-refractivity contribution in [2.24, 2.45) is 0 Å². The predicted molar refractivity (Wildman–Crippen MR) is 49.2 cm³/mol. The maximum Gasteiger partial charge on any atom is 0.324 e. The number of hydrogen-bond acceptors (Lipinski definition) is 6. The van der Waals surface area contributed by atoms with E-state index in [1.807, 2.05) is 0 Å². The molecular weight excluding hydrogens is 220 g/mol. The van der Waals surface area contributed by atoms with Crippen LogP contribution in [0.5, 0.6) is 0 Å². The fourth-order valence-corrected chi connectivity index (χ4v) is 0.788. The fourth-order valence-electron chi connectivity index (χ4n) is 0.788. The largest absolute Gasteiger partial charge is 0.481 e. The molecule has 0 aromatic rings. The van der Waals surface area contributed by atoms with Gasteiger partial charge in [-0.05, 0) is 6.42 Å². The quantitative estimate of drug-likeness (QED) is 0.502. The molecule has 0 heterocycles. The number of carbonyl (C=O) groups is 4. The van der Waals surface area contributed by atoms with Crippen LogP contribution in [0.3, 0.4) is 0 Å². The second kappa shape index (κ2) is 7.38. The van der Waals surface area contributed by atoms with E-state index in [-0.39, 0.29) is 19.3 Å². The molecule has 0 unspecified atom stereocenters. The van der Waals surface area contributed by atoms with Gasteiger partial charge in [-0.3, -0.25) is 19.2 Å². The molecule has 0 aliphatic heterocycles. The Labute approximate surface area is 91.3 Å². The number of ether oxygens (including phenoxy) is 2. The number of carboxylic acids is 1. The van der Waals surface area contributed by atoms with Crippen molar-refractivity contribution in [2.75, 3.05) is 7.11 Å². The zero-order chi connectivity index (χ0) is 12.6. The normalized spacial score (nSPS) is 9.31. The van der Waals surface area contributed by atoms with E-state index in [0.29, 0.717) is 0 Å². The van der Waals surface area contributed by atoms with E-state index in [9.17, 15) is 19.2 Å². The first kappa shape index (κ1) is 14.1. The first-order valence-electron chi connectivity index (χ1n) is 4.47. The van der Waals surface area contributed by atoms with E-state index in [2.05, 4.69) is 9.47 Å². The molecule has 0 saturated carbocycles. The number of aliphatic carboxylic acids is 1. The van der Waals surface area contributed by atoms with E-state index in [4.69, 9.17) is 5.11 Å². The summed E-state index contributed by atoms with van der Waals surface area (Å²) in [6.07, 6.45) is -0.916. The van der Waals surface area contributed by atoms with Gasteiger partial charge in [0.2, 0.25) is 0 Å². The van der Waals surface area contributed by atoms with Gasteiger partial charge in [0.1, 0.15) is 6.42 Å². The van der Waals surface area contributed by atoms with E-state index >= 15 is 0 Å². The smallest absolute Gasteiger partial charge is 0.324 e. The molecule has 0 aliphatic rings. The van der Waals surface area contributed by atoms with Crippen LogP contribution in [0.2, 0.25) is 0 Å². The molecule has 0 aromatic carbocycles. The summed E-state index contributed by atoms with van der Waals surface area (Å²) in [5, 5.41) is 8.28. The molecule has 0 saturated heterocycles. The number of carbonyl (C=O) groups excluding carboxylic acids is 3. The average Bonchev–Trinajstić information content (AvgIpc) is 2.16. The Morgan fingerprint density at radius 2 is 1.62 bits per heavy atom. The summed E-state index contributed by atoms with van der Waals surface area (Å²) in [6.45, 7) is 0. The first-order valence-corrected chi connectivity index (χ1v) is 4.47. The summed E-state index contributed by atoms with van der Waals surface area (Å²) in [5.74, 6) is -3.70. The molecule has 0 bridgehead atoms. The van der Waals surface area contributed by atoms with Crippen LogP contribution in [0.4, 0.5) is 0 Å². The maximum atomic E-state index is 10.9. The van der Waals surface area contributed by atoms with Gasteiger partial charge in [-0.15, -0.1) is 0 Å². The van der Waals surface area contributed by atoms with Gasteiger partial charge in [-0.25, -0.2) is 0 Å². The summed E-state index contributed by atoms with van der Waals surface area (Å²) in [7, 11) is 1.10. The molecule has 0 aliphatic carbocycles. The fraction of sp³-hybridized carbons (Fsp3) is 0.556. The number of rotatable bonds is 6. The Morgan fingerprint density at radius 1 is 1.00 bits per heavy atom. The summed E-state index contributed by atoms with van der Waals surface area (Å²) in [4.78, 5) is 42.5. The molecular formula is C9H12O7. The second-order valence-electron chi connectivity index (χ2n) is 2.85. The topological polar surface area (TPSA) is 107 Å². The molecule has 0 radical (unpaired) electrons. The number of methoxy groups -OCH3 is 1. The van der Waals surface area contributed by atoms with Crippen LogP contribution in [0, 0.1) is 0 Å². The zero-order valence-electron chi connectivity index (χ0n) is 8.73. The Kier molecular flexibility index (Phi) is 6.50. The highest BCUT2D eigenvalue weighted by Gasteiger charge is 2.15. The highest BCUT2D eigenvalue weighted by molar-refractivity contribution is 5.96. The number of esters is 3. The minimum Gasteiger partial charge on any atom is -0.481 e. The highest BCUT2D eigenvalue weighted by Crippen LogP contribution is 1.99. The third kappa shape index (κ3) is 7.48. The van der Waals surface area contributed by atoms with Crippen molar-refractivity contribution in [1.82, 2.24) is 0 Å². The summed E-state index contributed by atoms with van der Waals surface area (Å²) >= 11 is 0. The van der Waals surface area contributed by atoms with E-state index in [1.54, 1.807) is 0 Å². The molecule has 1 N–H and O–H groups in total. The molecule has 90 valence electrons. The van der Waals surface area contributed by atoms with Gasteiger partial charge in [-0.2, -0.15) is 0 Å². The molecule has 0 atom stereocenters. The van der Waals surface area contributed by atoms with Crippen molar-refractivity contribution < 1.29 is 33.8 Å². The molecule has 0 amide bonds. The van der Waals surface area contributed by atoms with Gasteiger partial charge in [0, 0.05) is 12.8 Å². The van der Waals surface area contributed by atoms with Crippen LogP contribution in [-0.4, -0.2) is 36.1 Å². The van der Waals surface area contributed by atoms with Crippen LogP contribution in [-0.2, 0) is 28.7 Å². The molecule has 0 rings (SSSR count).